The van der Waals surface area contributed by atoms with Crippen LogP contribution < -0.4 is 5.32 Å². The molecule has 4 aromatic carbocycles. The second kappa shape index (κ2) is 8.20. The standard InChI is InChI=1S/C26H17BrN2O2/c27-22-11-5-8-19-20(22)9-4-10-21(19)26-29-23-16-18(13-14-24(23)31-26)28-25(30)15-12-17-6-2-1-3-7-17/h1-16H,(H,28,30). The molecule has 0 saturated carbocycles. The third-order valence-electron chi connectivity index (χ3n) is 4.98. The highest BCUT2D eigenvalue weighted by Crippen LogP contribution is 2.34. The number of fused-ring (bicyclic) bond motifs is 2. The Labute approximate surface area is 187 Å². The minimum Gasteiger partial charge on any atom is -0.436 e. The first-order chi connectivity index (χ1) is 15.2. The van der Waals surface area contributed by atoms with Gasteiger partial charge in [-0.15, -0.1) is 0 Å². The Morgan fingerprint density at radius 1 is 0.903 bits per heavy atom. The molecular weight excluding hydrogens is 452 g/mol. The van der Waals surface area contributed by atoms with Gasteiger partial charge in [-0.25, -0.2) is 4.98 Å². The van der Waals surface area contributed by atoms with Gasteiger partial charge in [0.05, 0.1) is 0 Å². The largest absolute Gasteiger partial charge is 0.436 e. The van der Waals surface area contributed by atoms with Crippen molar-refractivity contribution in [3.63, 3.8) is 0 Å². The maximum absolute atomic E-state index is 12.3. The number of nitrogens with zero attached hydrogens (tertiary/aromatic N) is 1. The summed E-state index contributed by atoms with van der Waals surface area (Å²) in [5, 5.41) is 5.03. The molecule has 0 spiro atoms. The quantitative estimate of drug-likeness (QED) is 0.287. The zero-order chi connectivity index (χ0) is 21.2. The third kappa shape index (κ3) is 4.00. The zero-order valence-electron chi connectivity index (χ0n) is 16.4. The number of carbonyl (C=O) groups is 1. The van der Waals surface area contributed by atoms with Gasteiger partial charge in [-0.05, 0) is 52.7 Å². The van der Waals surface area contributed by atoms with Gasteiger partial charge in [-0.2, -0.15) is 0 Å². The number of rotatable bonds is 4. The van der Waals surface area contributed by atoms with Gasteiger partial charge >= 0.3 is 0 Å². The van der Waals surface area contributed by atoms with Crippen molar-refractivity contribution in [1.82, 2.24) is 4.98 Å². The molecule has 5 heteroatoms. The van der Waals surface area contributed by atoms with Crippen LogP contribution in [0.4, 0.5) is 5.69 Å². The maximum atomic E-state index is 12.3. The molecule has 0 aliphatic rings. The first kappa shape index (κ1) is 19.3. The van der Waals surface area contributed by atoms with Gasteiger partial charge in [0, 0.05) is 21.8 Å². The second-order valence-electron chi connectivity index (χ2n) is 7.08. The first-order valence-electron chi connectivity index (χ1n) is 9.80. The molecule has 0 bridgehead atoms. The van der Waals surface area contributed by atoms with E-state index in [-0.39, 0.29) is 5.91 Å². The van der Waals surface area contributed by atoms with Crippen LogP contribution >= 0.6 is 15.9 Å². The molecule has 31 heavy (non-hydrogen) atoms. The van der Waals surface area contributed by atoms with E-state index in [1.807, 2.05) is 72.8 Å². The van der Waals surface area contributed by atoms with Gasteiger partial charge in [-0.3, -0.25) is 4.79 Å². The first-order valence-corrected chi connectivity index (χ1v) is 10.6. The number of carbonyl (C=O) groups excluding carboxylic acids is 1. The summed E-state index contributed by atoms with van der Waals surface area (Å²) >= 11 is 3.60. The molecule has 150 valence electrons. The Kier molecular flexibility index (Phi) is 5.10. The molecule has 1 aromatic heterocycles. The fourth-order valence-corrected chi connectivity index (χ4v) is 4.00. The molecule has 0 atom stereocenters. The van der Waals surface area contributed by atoms with Gasteiger partial charge < -0.3 is 9.73 Å². The lowest BCUT2D eigenvalue weighted by molar-refractivity contribution is -0.111. The van der Waals surface area contributed by atoms with Gasteiger partial charge in [0.2, 0.25) is 11.8 Å². The summed E-state index contributed by atoms with van der Waals surface area (Å²) < 4.78 is 7.04. The number of aromatic nitrogens is 1. The summed E-state index contributed by atoms with van der Waals surface area (Å²) in [7, 11) is 0. The molecule has 0 aliphatic heterocycles. The molecule has 1 amide bonds. The minimum atomic E-state index is -0.203. The predicted molar refractivity (Wildman–Crippen MR) is 129 cm³/mol. The highest BCUT2D eigenvalue weighted by molar-refractivity contribution is 9.10. The van der Waals surface area contributed by atoms with E-state index < -0.39 is 0 Å². The van der Waals surface area contributed by atoms with Crippen LogP contribution in [-0.4, -0.2) is 10.9 Å². The van der Waals surface area contributed by atoms with E-state index in [1.165, 1.54) is 6.08 Å². The monoisotopic (exact) mass is 468 g/mol. The molecule has 0 radical (unpaired) electrons. The van der Waals surface area contributed by atoms with E-state index in [4.69, 9.17) is 4.42 Å². The van der Waals surface area contributed by atoms with E-state index in [2.05, 4.69) is 38.4 Å². The molecule has 1 N–H and O–H groups in total. The summed E-state index contributed by atoms with van der Waals surface area (Å²) in [5.74, 6) is 0.344. The number of hydrogen-bond acceptors (Lipinski definition) is 3. The number of amides is 1. The van der Waals surface area contributed by atoms with Crippen molar-refractivity contribution in [3.8, 4) is 11.5 Å². The number of halogens is 1. The topological polar surface area (TPSA) is 55.1 Å². The Hall–Kier alpha value is -3.70. The normalized spacial score (nSPS) is 11.4. The van der Waals surface area contributed by atoms with Crippen LogP contribution in [0, 0.1) is 0 Å². The van der Waals surface area contributed by atoms with Crippen molar-refractivity contribution in [2.45, 2.75) is 0 Å². The van der Waals surface area contributed by atoms with Crippen molar-refractivity contribution < 1.29 is 9.21 Å². The summed E-state index contributed by atoms with van der Waals surface area (Å²) in [5.41, 5.74) is 3.91. The predicted octanol–water partition coefficient (Wildman–Crippen LogP) is 7.06. The summed E-state index contributed by atoms with van der Waals surface area (Å²) in [4.78, 5) is 17.0. The number of anilines is 1. The molecule has 0 fully saturated rings. The third-order valence-corrected chi connectivity index (χ3v) is 5.67. The van der Waals surface area contributed by atoms with Gasteiger partial charge in [-0.1, -0.05) is 70.5 Å². The van der Waals surface area contributed by atoms with Crippen molar-refractivity contribution in [2.75, 3.05) is 5.32 Å². The van der Waals surface area contributed by atoms with E-state index in [0.717, 1.165) is 26.4 Å². The van der Waals surface area contributed by atoms with E-state index in [9.17, 15) is 4.79 Å². The molecule has 4 nitrogen and oxygen atoms in total. The summed E-state index contributed by atoms with van der Waals surface area (Å²) in [6.07, 6.45) is 3.29. The Balaban J connectivity index is 1.43. The highest BCUT2D eigenvalue weighted by atomic mass is 79.9. The number of oxazole rings is 1. The molecule has 5 rings (SSSR count). The van der Waals surface area contributed by atoms with E-state index in [0.29, 0.717) is 22.7 Å². The smallest absolute Gasteiger partial charge is 0.248 e. The molecule has 1 heterocycles. The van der Waals surface area contributed by atoms with Crippen molar-refractivity contribution in [3.05, 3.63) is 101 Å². The zero-order valence-corrected chi connectivity index (χ0v) is 18.0. The number of nitrogens with one attached hydrogen (secondary N) is 1. The van der Waals surface area contributed by atoms with Crippen LogP contribution in [0.2, 0.25) is 0 Å². The SMILES string of the molecule is O=C(C=Cc1ccccc1)Nc1ccc2oc(-c3cccc4c(Br)cccc34)nc2c1. The Morgan fingerprint density at radius 2 is 1.71 bits per heavy atom. The fourth-order valence-electron chi connectivity index (χ4n) is 3.50. The van der Waals surface area contributed by atoms with Crippen molar-refractivity contribution in [2.24, 2.45) is 0 Å². The van der Waals surface area contributed by atoms with Crippen LogP contribution in [-0.2, 0) is 4.79 Å². The van der Waals surface area contributed by atoms with Crippen molar-refractivity contribution in [1.29, 1.82) is 0 Å². The lowest BCUT2D eigenvalue weighted by atomic mass is 10.0. The summed E-state index contributed by atoms with van der Waals surface area (Å²) in [6.45, 7) is 0. The Morgan fingerprint density at radius 3 is 2.58 bits per heavy atom. The minimum absolute atomic E-state index is 0.203. The average molecular weight is 469 g/mol. The van der Waals surface area contributed by atoms with Crippen molar-refractivity contribution >= 4 is 55.5 Å². The Bertz CT molecular complexity index is 1440. The van der Waals surface area contributed by atoms with E-state index >= 15 is 0 Å². The lowest BCUT2D eigenvalue weighted by Gasteiger charge is -2.04. The van der Waals surface area contributed by atoms with Gasteiger partial charge in [0.15, 0.2) is 5.58 Å². The molecule has 0 saturated heterocycles. The van der Waals surface area contributed by atoms with E-state index in [1.54, 1.807) is 6.08 Å². The fraction of sp³-hybridized carbons (Fsp3) is 0. The van der Waals surface area contributed by atoms with Crippen LogP contribution in [0.15, 0.2) is 99.9 Å². The van der Waals surface area contributed by atoms with Gasteiger partial charge in [0.25, 0.3) is 0 Å². The number of benzene rings is 4. The second-order valence-corrected chi connectivity index (χ2v) is 7.93. The molecular formula is C26H17BrN2O2. The highest BCUT2D eigenvalue weighted by Gasteiger charge is 2.13. The number of hydrogen-bond donors (Lipinski definition) is 1. The van der Waals surface area contributed by atoms with Gasteiger partial charge in [0.1, 0.15) is 5.52 Å². The lowest BCUT2D eigenvalue weighted by Crippen LogP contribution is -2.07. The molecule has 0 unspecified atom stereocenters. The molecule has 5 aromatic rings. The molecule has 0 aliphatic carbocycles. The van der Waals surface area contributed by atoms with Crippen LogP contribution in [0.1, 0.15) is 5.56 Å². The van der Waals surface area contributed by atoms with Crippen LogP contribution in [0.5, 0.6) is 0 Å². The summed E-state index contributed by atoms with van der Waals surface area (Å²) in [6, 6.07) is 27.2. The maximum Gasteiger partial charge on any atom is 0.248 e. The van der Waals surface area contributed by atoms with Crippen LogP contribution in [0.3, 0.4) is 0 Å². The average Bonchev–Trinajstić information content (AvgIpc) is 3.22. The van der Waals surface area contributed by atoms with Crippen LogP contribution in [0.25, 0.3) is 39.4 Å².